The predicted octanol–water partition coefficient (Wildman–Crippen LogP) is 4.73. The smallest absolute Gasteiger partial charge is 0.399 e. The molecule has 0 spiro atoms. The Labute approximate surface area is 148 Å². The van der Waals surface area contributed by atoms with E-state index in [2.05, 4.69) is 5.10 Å². The average Bonchev–Trinajstić information content (AvgIpc) is 2.89. The number of hydrazone groups is 1. The first-order valence-electron chi connectivity index (χ1n) is 7.66. The molecule has 0 bridgehead atoms. The van der Waals surface area contributed by atoms with Gasteiger partial charge in [0.05, 0.1) is 5.71 Å². The summed E-state index contributed by atoms with van der Waals surface area (Å²) in [4.78, 5) is 0. The lowest BCUT2D eigenvalue weighted by Gasteiger charge is -2.37. The Bertz CT molecular complexity index is 830. The summed E-state index contributed by atoms with van der Waals surface area (Å²) in [5, 5.41) is 5.71. The van der Waals surface area contributed by atoms with Crippen LogP contribution in [0.4, 0.5) is 18.9 Å². The molecule has 0 fully saturated rings. The summed E-state index contributed by atoms with van der Waals surface area (Å²) in [7, 11) is 1.35. The van der Waals surface area contributed by atoms with E-state index < -0.39 is 11.7 Å². The Morgan fingerprint density at radius 1 is 1.16 bits per heavy atom. The molecular formula is C18H17ClF3N3. The van der Waals surface area contributed by atoms with Gasteiger partial charge in [-0.3, -0.25) is 5.01 Å². The molecule has 1 heterocycles. The molecule has 0 saturated carbocycles. The van der Waals surface area contributed by atoms with Crippen molar-refractivity contribution in [3.8, 4) is 0 Å². The largest absolute Gasteiger partial charge is 0.417 e. The van der Waals surface area contributed by atoms with E-state index in [1.165, 1.54) is 25.2 Å². The van der Waals surface area contributed by atoms with Crippen LogP contribution in [0.25, 0.3) is 0 Å². The van der Waals surface area contributed by atoms with Crippen molar-refractivity contribution in [1.29, 1.82) is 0 Å². The van der Waals surface area contributed by atoms with Crippen LogP contribution in [0.3, 0.4) is 0 Å². The standard InChI is InChI=1S/C18H17ClF3N3/c1-11-9-13(5-8-15(11)23)17(18(20,21)22)10-16(24-25(17)2)12-3-6-14(19)7-4-12/h3-9H,10,23H2,1-2H3. The molecule has 0 amide bonds. The van der Waals surface area contributed by atoms with Gasteiger partial charge in [0.2, 0.25) is 0 Å². The Balaban J connectivity index is 2.09. The van der Waals surface area contributed by atoms with E-state index in [9.17, 15) is 13.2 Å². The number of nitrogens with zero attached hydrogens (tertiary/aromatic N) is 2. The lowest BCUT2D eigenvalue weighted by Crippen LogP contribution is -2.50. The number of hydrogen-bond acceptors (Lipinski definition) is 3. The van der Waals surface area contributed by atoms with Gasteiger partial charge >= 0.3 is 6.18 Å². The molecular weight excluding hydrogens is 351 g/mol. The minimum atomic E-state index is -4.51. The zero-order valence-corrected chi connectivity index (χ0v) is 14.5. The Morgan fingerprint density at radius 2 is 1.80 bits per heavy atom. The number of nitrogens with two attached hydrogens (primary N) is 1. The number of halogens is 4. The summed E-state index contributed by atoms with van der Waals surface area (Å²) < 4.78 is 42.5. The fraction of sp³-hybridized carbons (Fsp3) is 0.278. The van der Waals surface area contributed by atoms with Gasteiger partial charge in [0.25, 0.3) is 0 Å². The highest BCUT2D eigenvalue weighted by Gasteiger charge is 2.62. The second-order valence-corrected chi connectivity index (χ2v) is 6.62. The Hall–Kier alpha value is -2.21. The summed E-state index contributed by atoms with van der Waals surface area (Å²) in [5.74, 6) is 0. The minimum Gasteiger partial charge on any atom is -0.399 e. The van der Waals surface area contributed by atoms with Crippen LogP contribution >= 0.6 is 11.6 Å². The fourth-order valence-electron chi connectivity index (χ4n) is 3.13. The maximum atomic E-state index is 14.2. The molecule has 0 aliphatic carbocycles. The second-order valence-electron chi connectivity index (χ2n) is 6.18. The van der Waals surface area contributed by atoms with E-state index in [-0.39, 0.29) is 12.0 Å². The maximum Gasteiger partial charge on any atom is 0.417 e. The highest BCUT2D eigenvalue weighted by Crippen LogP contribution is 2.50. The van der Waals surface area contributed by atoms with E-state index in [0.717, 1.165) is 5.01 Å². The van der Waals surface area contributed by atoms with E-state index in [1.807, 2.05) is 0 Å². The van der Waals surface area contributed by atoms with Crippen LogP contribution in [0.2, 0.25) is 5.02 Å². The second kappa shape index (κ2) is 5.95. The Morgan fingerprint density at radius 3 is 2.36 bits per heavy atom. The van der Waals surface area contributed by atoms with Crippen molar-refractivity contribution in [1.82, 2.24) is 5.01 Å². The molecule has 0 aromatic heterocycles. The fourth-order valence-corrected chi connectivity index (χ4v) is 3.26. The summed E-state index contributed by atoms with van der Waals surface area (Å²) in [5.41, 5.74) is 5.73. The highest BCUT2D eigenvalue weighted by atomic mass is 35.5. The molecule has 2 aromatic rings. The lowest BCUT2D eigenvalue weighted by atomic mass is 9.82. The van der Waals surface area contributed by atoms with Crippen molar-refractivity contribution >= 4 is 23.0 Å². The summed E-state index contributed by atoms with van der Waals surface area (Å²) in [6.07, 6.45) is -4.79. The molecule has 3 rings (SSSR count). The van der Waals surface area contributed by atoms with Gasteiger partial charge < -0.3 is 5.73 Å². The molecule has 0 saturated heterocycles. The first kappa shape index (κ1) is 17.6. The number of hydrogen-bond donors (Lipinski definition) is 1. The minimum absolute atomic E-state index is 0.127. The lowest BCUT2D eigenvalue weighted by molar-refractivity contribution is -0.227. The van der Waals surface area contributed by atoms with Crippen molar-refractivity contribution < 1.29 is 13.2 Å². The zero-order chi connectivity index (χ0) is 18.4. The molecule has 0 radical (unpaired) electrons. The van der Waals surface area contributed by atoms with Crippen molar-refractivity contribution in [2.45, 2.75) is 25.1 Å². The third-order valence-electron chi connectivity index (χ3n) is 4.64. The number of nitrogen functional groups attached to an aromatic ring is 1. The van der Waals surface area contributed by atoms with Gasteiger partial charge in [0.1, 0.15) is 0 Å². The van der Waals surface area contributed by atoms with Crippen LogP contribution in [-0.2, 0) is 5.54 Å². The van der Waals surface area contributed by atoms with Crippen LogP contribution in [0.1, 0.15) is 23.1 Å². The number of benzene rings is 2. The Kier molecular flexibility index (Phi) is 4.19. The van der Waals surface area contributed by atoms with Gasteiger partial charge in [-0.2, -0.15) is 18.3 Å². The topological polar surface area (TPSA) is 41.6 Å². The third-order valence-corrected chi connectivity index (χ3v) is 4.89. The van der Waals surface area contributed by atoms with Crippen molar-refractivity contribution in [3.63, 3.8) is 0 Å². The molecule has 1 unspecified atom stereocenters. The van der Waals surface area contributed by atoms with Gasteiger partial charge in [0, 0.05) is 24.2 Å². The predicted molar refractivity (Wildman–Crippen MR) is 93.7 cm³/mol. The van der Waals surface area contributed by atoms with E-state index in [1.54, 1.807) is 31.2 Å². The SMILES string of the molecule is Cc1cc(C2(C(F)(F)F)CC(c3ccc(Cl)cc3)=NN2C)ccc1N. The highest BCUT2D eigenvalue weighted by molar-refractivity contribution is 6.30. The van der Waals surface area contributed by atoms with Gasteiger partial charge in [-0.05, 0) is 41.8 Å². The molecule has 1 aliphatic rings. The van der Waals surface area contributed by atoms with Crippen molar-refractivity contribution in [3.05, 3.63) is 64.2 Å². The molecule has 132 valence electrons. The third kappa shape index (κ3) is 2.84. The van der Waals surface area contributed by atoms with E-state index in [4.69, 9.17) is 17.3 Å². The molecule has 2 aromatic carbocycles. The monoisotopic (exact) mass is 367 g/mol. The molecule has 2 N–H and O–H groups in total. The first-order valence-corrected chi connectivity index (χ1v) is 8.03. The van der Waals surface area contributed by atoms with Crippen LogP contribution in [0.15, 0.2) is 47.6 Å². The number of anilines is 1. The molecule has 1 atom stereocenters. The normalized spacial score (nSPS) is 20.7. The van der Waals surface area contributed by atoms with Crippen LogP contribution in [0.5, 0.6) is 0 Å². The summed E-state index contributed by atoms with van der Waals surface area (Å²) in [6, 6.07) is 11.0. The van der Waals surface area contributed by atoms with Crippen LogP contribution in [0, 0.1) is 6.92 Å². The number of aryl methyl sites for hydroxylation is 1. The van der Waals surface area contributed by atoms with E-state index in [0.29, 0.717) is 27.5 Å². The number of alkyl halides is 3. The molecule has 1 aliphatic heterocycles. The van der Waals surface area contributed by atoms with Gasteiger partial charge in [0.15, 0.2) is 5.54 Å². The molecule has 7 heteroatoms. The summed E-state index contributed by atoms with van der Waals surface area (Å²) in [6.45, 7) is 1.69. The summed E-state index contributed by atoms with van der Waals surface area (Å²) >= 11 is 5.86. The van der Waals surface area contributed by atoms with Gasteiger partial charge in [-0.25, -0.2) is 0 Å². The van der Waals surface area contributed by atoms with Gasteiger partial charge in [-0.1, -0.05) is 35.9 Å². The zero-order valence-electron chi connectivity index (χ0n) is 13.7. The first-order chi connectivity index (χ1) is 11.6. The maximum absolute atomic E-state index is 14.2. The molecule has 3 nitrogen and oxygen atoms in total. The van der Waals surface area contributed by atoms with Crippen LogP contribution < -0.4 is 5.73 Å². The van der Waals surface area contributed by atoms with E-state index >= 15 is 0 Å². The quantitative estimate of drug-likeness (QED) is 0.780. The average molecular weight is 368 g/mol. The van der Waals surface area contributed by atoms with Crippen molar-refractivity contribution in [2.75, 3.05) is 12.8 Å². The van der Waals surface area contributed by atoms with Gasteiger partial charge in [-0.15, -0.1) is 0 Å². The van der Waals surface area contributed by atoms with Crippen LogP contribution in [-0.4, -0.2) is 23.9 Å². The molecule has 25 heavy (non-hydrogen) atoms. The number of rotatable bonds is 2. The van der Waals surface area contributed by atoms with Crippen molar-refractivity contribution in [2.24, 2.45) is 5.10 Å².